The fourth-order valence-corrected chi connectivity index (χ4v) is 0.964. The Morgan fingerprint density at radius 2 is 2.23 bits per heavy atom. The summed E-state index contributed by atoms with van der Waals surface area (Å²) in [6, 6.07) is 2.79. The lowest BCUT2D eigenvalue weighted by Crippen LogP contribution is -1.85. The first-order valence-corrected chi connectivity index (χ1v) is 3.59. The molecule has 4 nitrogen and oxygen atoms in total. The molecule has 0 saturated carbocycles. The van der Waals surface area contributed by atoms with Crippen molar-refractivity contribution >= 4 is 6.01 Å². The summed E-state index contributed by atoms with van der Waals surface area (Å²) < 4.78 is 18.0. The van der Waals surface area contributed by atoms with Gasteiger partial charge < -0.3 is 10.2 Å². The average Bonchev–Trinajstić information content (AvgIpc) is 2.53. The smallest absolute Gasteiger partial charge is 0.292 e. The largest absolute Gasteiger partial charge is 0.422 e. The summed E-state index contributed by atoms with van der Waals surface area (Å²) in [5.74, 6) is -0.228. The molecule has 0 aliphatic heterocycles. The highest BCUT2D eigenvalue weighted by molar-refractivity contribution is 5.52. The lowest BCUT2D eigenvalue weighted by Gasteiger charge is -1.94. The van der Waals surface area contributed by atoms with Gasteiger partial charge in [-0.05, 0) is 12.1 Å². The number of aromatic nitrogens is 2. The third-order valence-corrected chi connectivity index (χ3v) is 1.52. The van der Waals surface area contributed by atoms with Crippen molar-refractivity contribution in [2.24, 2.45) is 0 Å². The van der Waals surface area contributed by atoms with Crippen LogP contribution in [-0.4, -0.2) is 9.97 Å². The van der Waals surface area contributed by atoms with E-state index in [0.717, 1.165) is 0 Å². The second-order valence-corrected chi connectivity index (χ2v) is 2.40. The van der Waals surface area contributed by atoms with Crippen molar-refractivity contribution in [2.45, 2.75) is 0 Å². The maximum Gasteiger partial charge on any atom is 0.292 e. The fraction of sp³-hybridized carbons (Fsp3) is 0. The molecule has 0 aliphatic carbocycles. The number of anilines is 1. The number of hydrogen-bond acceptors (Lipinski definition) is 4. The lowest BCUT2D eigenvalue weighted by molar-refractivity contribution is 0.574. The van der Waals surface area contributed by atoms with Gasteiger partial charge in [0, 0.05) is 6.20 Å². The summed E-state index contributed by atoms with van der Waals surface area (Å²) in [4.78, 5) is 7.44. The minimum absolute atomic E-state index is 0.0000491. The molecule has 0 amide bonds. The molecule has 0 radical (unpaired) electrons. The lowest BCUT2D eigenvalue weighted by atomic mass is 10.3. The van der Waals surface area contributed by atoms with Crippen molar-refractivity contribution in [1.82, 2.24) is 9.97 Å². The first kappa shape index (κ1) is 7.72. The van der Waals surface area contributed by atoms with Crippen molar-refractivity contribution in [1.29, 1.82) is 0 Å². The molecule has 0 bridgehead atoms. The van der Waals surface area contributed by atoms with E-state index in [1.165, 1.54) is 24.5 Å². The van der Waals surface area contributed by atoms with Crippen molar-refractivity contribution in [3.8, 4) is 11.5 Å². The van der Waals surface area contributed by atoms with Crippen LogP contribution in [0.15, 0.2) is 28.9 Å². The molecule has 2 heterocycles. The number of oxazole rings is 1. The Hall–Kier alpha value is -1.91. The van der Waals surface area contributed by atoms with Crippen molar-refractivity contribution in [3.05, 3.63) is 30.3 Å². The first-order valence-electron chi connectivity index (χ1n) is 3.59. The Bertz CT molecular complexity index is 427. The van der Waals surface area contributed by atoms with Crippen LogP contribution >= 0.6 is 0 Å². The highest BCUT2D eigenvalue weighted by Crippen LogP contribution is 2.20. The molecular formula is C8H6FN3O. The summed E-state index contributed by atoms with van der Waals surface area (Å²) in [5, 5.41) is 0. The molecule has 0 aliphatic rings. The van der Waals surface area contributed by atoms with E-state index in [1.807, 2.05) is 0 Å². The van der Waals surface area contributed by atoms with Gasteiger partial charge >= 0.3 is 0 Å². The summed E-state index contributed by atoms with van der Waals surface area (Å²) in [6.45, 7) is 0. The number of rotatable bonds is 1. The third kappa shape index (κ3) is 1.35. The van der Waals surface area contributed by atoms with E-state index in [1.54, 1.807) is 0 Å². The molecule has 0 atom stereocenters. The third-order valence-electron chi connectivity index (χ3n) is 1.52. The van der Waals surface area contributed by atoms with Gasteiger partial charge in [-0.3, -0.25) is 0 Å². The molecule has 0 saturated heterocycles. The number of hydrogen-bond donors (Lipinski definition) is 1. The zero-order valence-electron chi connectivity index (χ0n) is 6.57. The SMILES string of the molecule is Nc1ncc(-c2ncccc2F)o1. The molecule has 0 fully saturated rings. The number of pyridine rings is 1. The Labute approximate surface area is 73.2 Å². The Kier molecular flexibility index (Phi) is 1.70. The Morgan fingerprint density at radius 1 is 1.38 bits per heavy atom. The molecule has 0 spiro atoms. The fourth-order valence-electron chi connectivity index (χ4n) is 0.964. The van der Waals surface area contributed by atoms with Gasteiger partial charge in [0.2, 0.25) is 0 Å². The van der Waals surface area contributed by atoms with Gasteiger partial charge in [0.05, 0.1) is 6.20 Å². The van der Waals surface area contributed by atoms with Gasteiger partial charge in [-0.15, -0.1) is 0 Å². The van der Waals surface area contributed by atoms with Gasteiger partial charge in [-0.25, -0.2) is 14.4 Å². The molecule has 5 heteroatoms. The van der Waals surface area contributed by atoms with Crippen LogP contribution < -0.4 is 5.73 Å². The van der Waals surface area contributed by atoms with E-state index in [2.05, 4.69) is 9.97 Å². The van der Waals surface area contributed by atoms with E-state index >= 15 is 0 Å². The Balaban J connectivity index is 2.52. The average molecular weight is 179 g/mol. The van der Waals surface area contributed by atoms with Crippen LogP contribution in [0.1, 0.15) is 0 Å². The minimum atomic E-state index is -0.460. The Morgan fingerprint density at radius 3 is 2.85 bits per heavy atom. The summed E-state index contributed by atoms with van der Waals surface area (Å²) in [7, 11) is 0. The quantitative estimate of drug-likeness (QED) is 0.719. The number of nitrogens with zero attached hydrogens (tertiary/aromatic N) is 2. The van der Waals surface area contributed by atoms with E-state index in [-0.39, 0.29) is 17.5 Å². The van der Waals surface area contributed by atoms with Crippen LogP contribution in [-0.2, 0) is 0 Å². The van der Waals surface area contributed by atoms with E-state index in [4.69, 9.17) is 10.2 Å². The van der Waals surface area contributed by atoms with E-state index in [0.29, 0.717) is 0 Å². The van der Waals surface area contributed by atoms with Crippen LogP contribution in [0, 0.1) is 5.82 Å². The molecule has 13 heavy (non-hydrogen) atoms. The molecule has 0 unspecified atom stereocenters. The first-order chi connectivity index (χ1) is 6.27. The number of halogens is 1. The standard InChI is InChI=1S/C8H6FN3O/c9-5-2-1-3-11-7(5)6-4-12-8(10)13-6/h1-4H,(H2,10,12). The zero-order chi connectivity index (χ0) is 9.26. The second-order valence-electron chi connectivity index (χ2n) is 2.40. The monoisotopic (exact) mass is 179 g/mol. The molecule has 0 aromatic carbocycles. The second kappa shape index (κ2) is 2.85. The van der Waals surface area contributed by atoms with Crippen LogP contribution in [0.25, 0.3) is 11.5 Å². The van der Waals surface area contributed by atoms with Crippen LogP contribution in [0.3, 0.4) is 0 Å². The van der Waals surface area contributed by atoms with Crippen LogP contribution in [0.4, 0.5) is 10.4 Å². The van der Waals surface area contributed by atoms with Gasteiger partial charge in [-0.1, -0.05) is 0 Å². The van der Waals surface area contributed by atoms with Gasteiger partial charge in [0.1, 0.15) is 5.69 Å². The van der Waals surface area contributed by atoms with Gasteiger partial charge in [0.25, 0.3) is 6.01 Å². The predicted molar refractivity (Wildman–Crippen MR) is 44.1 cm³/mol. The van der Waals surface area contributed by atoms with Gasteiger partial charge in [-0.2, -0.15) is 0 Å². The normalized spacial score (nSPS) is 10.2. The highest BCUT2D eigenvalue weighted by Gasteiger charge is 2.09. The molecule has 66 valence electrons. The van der Waals surface area contributed by atoms with Crippen LogP contribution in [0.2, 0.25) is 0 Å². The van der Waals surface area contributed by atoms with Crippen molar-refractivity contribution < 1.29 is 8.81 Å². The van der Waals surface area contributed by atoms with E-state index in [9.17, 15) is 4.39 Å². The molecular weight excluding hydrogens is 173 g/mol. The predicted octanol–water partition coefficient (Wildman–Crippen LogP) is 1.46. The van der Waals surface area contributed by atoms with Crippen LogP contribution in [0.5, 0.6) is 0 Å². The highest BCUT2D eigenvalue weighted by atomic mass is 19.1. The van der Waals surface area contributed by atoms with Crippen molar-refractivity contribution in [2.75, 3.05) is 5.73 Å². The molecule has 2 aromatic rings. The van der Waals surface area contributed by atoms with Crippen molar-refractivity contribution in [3.63, 3.8) is 0 Å². The maximum atomic E-state index is 13.1. The summed E-state index contributed by atoms with van der Waals surface area (Å²) >= 11 is 0. The number of nitrogen functional groups attached to an aromatic ring is 1. The van der Waals surface area contributed by atoms with E-state index < -0.39 is 5.82 Å². The summed E-state index contributed by atoms with van der Waals surface area (Å²) in [6.07, 6.45) is 2.80. The molecule has 2 N–H and O–H groups in total. The molecule has 2 rings (SSSR count). The maximum absolute atomic E-state index is 13.1. The molecule has 2 aromatic heterocycles. The summed E-state index contributed by atoms with van der Waals surface area (Å²) in [5.41, 5.74) is 5.36. The van der Waals surface area contributed by atoms with Gasteiger partial charge in [0.15, 0.2) is 11.6 Å². The zero-order valence-corrected chi connectivity index (χ0v) is 6.57. The minimum Gasteiger partial charge on any atom is -0.422 e. The number of nitrogens with two attached hydrogens (primary N) is 1. The topological polar surface area (TPSA) is 64.9 Å².